The highest BCUT2D eigenvalue weighted by Crippen LogP contribution is 2.19. The molecule has 116 valence electrons. The van der Waals surface area contributed by atoms with Gasteiger partial charge in [0.2, 0.25) is 0 Å². The third-order valence-corrected chi connectivity index (χ3v) is 4.40. The first kappa shape index (κ1) is 16.2. The van der Waals surface area contributed by atoms with Gasteiger partial charge in [0, 0.05) is 17.3 Å². The fourth-order valence-corrected chi connectivity index (χ4v) is 2.80. The van der Waals surface area contributed by atoms with Crippen LogP contribution in [-0.4, -0.2) is 33.7 Å². The van der Waals surface area contributed by atoms with Crippen LogP contribution in [0, 0.1) is 5.82 Å². The van der Waals surface area contributed by atoms with E-state index in [9.17, 15) is 17.6 Å². The van der Waals surface area contributed by atoms with Crippen molar-refractivity contribution >= 4 is 25.7 Å². The predicted octanol–water partition coefficient (Wildman–Crippen LogP) is 2.48. The Morgan fingerprint density at radius 2 is 2.14 bits per heavy atom. The Morgan fingerprint density at radius 3 is 2.76 bits per heavy atom. The number of hydrogen-bond donors (Lipinski definition) is 0. The Balaban J connectivity index is 2.06. The number of halogens is 2. The second-order valence-electron chi connectivity index (χ2n) is 4.70. The number of rotatable bonds is 4. The van der Waals surface area contributed by atoms with Crippen molar-refractivity contribution in [2.75, 3.05) is 13.2 Å². The van der Waals surface area contributed by atoms with E-state index in [-0.39, 0.29) is 18.3 Å². The molecule has 0 saturated carbocycles. The average molecular weight is 337 g/mol. The van der Waals surface area contributed by atoms with E-state index in [1.165, 1.54) is 0 Å². The minimum atomic E-state index is -4.12. The summed E-state index contributed by atoms with van der Waals surface area (Å²) < 4.78 is 46.2. The molecular weight excluding hydrogens is 323 g/mol. The molecule has 21 heavy (non-hydrogen) atoms. The van der Waals surface area contributed by atoms with Crippen LogP contribution < -0.4 is 0 Å². The zero-order valence-corrected chi connectivity index (χ0v) is 12.6. The van der Waals surface area contributed by atoms with Crippen molar-refractivity contribution in [2.45, 2.75) is 30.3 Å². The molecular formula is C13H14ClFO5S. The minimum Gasteiger partial charge on any atom is -0.459 e. The Kier molecular flexibility index (Phi) is 5.18. The molecule has 8 heteroatoms. The Bertz CT molecular complexity index is 625. The first-order valence-corrected chi connectivity index (χ1v) is 8.71. The average Bonchev–Trinajstić information content (AvgIpc) is 2.44. The molecule has 1 heterocycles. The summed E-state index contributed by atoms with van der Waals surface area (Å²) in [6.07, 6.45) is 2.59. The van der Waals surface area contributed by atoms with Crippen LogP contribution in [0.5, 0.6) is 0 Å². The van der Waals surface area contributed by atoms with E-state index in [0.29, 0.717) is 6.61 Å². The lowest BCUT2D eigenvalue weighted by Crippen LogP contribution is -2.26. The molecule has 0 spiro atoms. The largest absolute Gasteiger partial charge is 0.459 e. The van der Waals surface area contributed by atoms with E-state index >= 15 is 0 Å². The summed E-state index contributed by atoms with van der Waals surface area (Å²) in [5, 5.41) is 0. The van der Waals surface area contributed by atoms with Crippen molar-refractivity contribution in [3.05, 3.63) is 29.6 Å². The van der Waals surface area contributed by atoms with Crippen LogP contribution >= 0.6 is 10.7 Å². The summed E-state index contributed by atoms with van der Waals surface area (Å²) in [5.41, 5.74) is -0.204. The first-order chi connectivity index (χ1) is 9.86. The van der Waals surface area contributed by atoms with Gasteiger partial charge in [0.15, 0.2) is 0 Å². The zero-order chi connectivity index (χ0) is 15.5. The first-order valence-electron chi connectivity index (χ1n) is 6.40. The molecule has 1 aromatic rings. The van der Waals surface area contributed by atoms with Gasteiger partial charge in [-0.15, -0.1) is 0 Å². The predicted molar refractivity (Wildman–Crippen MR) is 73.3 cm³/mol. The molecule has 2 rings (SSSR count). The van der Waals surface area contributed by atoms with E-state index in [4.69, 9.17) is 20.2 Å². The lowest BCUT2D eigenvalue weighted by molar-refractivity contribution is -0.0300. The van der Waals surface area contributed by atoms with Crippen LogP contribution in [0.15, 0.2) is 23.1 Å². The Morgan fingerprint density at radius 1 is 1.38 bits per heavy atom. The number of carbonyl (C=O) groups excluding carboxylic acids is 1. The molecule has 0 amide bonds. The lowest BCUT2D eigenvalue weighted by atomic mass is 10.1. The van der Waals surface area contributed by atoms with Crippen LogP contribution in [0.4, 0.5) is 4.39 Å². The van der Waals surface area contributed by atoms with Crippen molar-refractivity contribution in [2.24, 2.45) is 0 Å². The third kappa shape index (κ3) is 4.66. The second kappa shape index (κ2) is 6.72. The molecule has 0 bridgehead atoms. The highest BCUT2D eigenvalue weighted by atomic mass is 35.7. The van der Waals surface area contributed by atoms with Gasteiger partial charge in [-0.2, -0.15) is 0 Å². The normalized spacial score (nSPS) is 19.2. The fourth-order valence-electron chi connectivity index (χ4n) is 2.01. The van der Waals surface area contributed by atoms with Gasteiger partial charge in [-0.3, -0.25) is 0 Å². The van der Waals surface area contributed by atoms with Crippen LogP contribution in [0.2, 0.25) is 0 Å². The number of esters is 1. The highest BCUT2D eigenvalue weighted by Gasteiger charge is 2.19. The van der Waals surface area contributed by atoms with E-state index in [2.05, 4.69) is 0 Å². The zero-order valence-electron chi connectivity index (χ0n) is 11.1. The second-order valence-corrected chi connectivity index (χ2v) is 7.27. The molecule has 1 unspecified atom stereocenters. The number of benzene rings is 1. The van der Waals surface area contributed by atoms with Gasteiger partial charge in [0.05, 0.1) is 16.6 Å². The van der Waals surface area contributed by atoms with Crippen molar-refractivity contribution < 1.29 is 27.1 Å². The summed E-state index contributed by atoms with van der Waals surface area (Å²) in [6.45, 7) is 0.676. The van der Waals surface area contributed by atoms with E-state index in [0.717, 1.165) is 37.5 Å². The van der Waals surface area contributed by atoms with Gasteiger partial charge in [0.25, 0.3) is 9.05 Å². The maximum absolute atomic E-state index is 13.4. The maximum atomic E-state index is 13.4. The van der Waals surface area contributed by atoms with Gasteiger partial charge < -0.3 is 9.47 Å². The van der Waals surface area contributed by atoms with Crippen molar-refractivity contribution in [3.8, 4) is 0 Å². The van der Waals surface area contributed by atoms with Gasteiger partial charge >= 0.3 is 5.97 Å². The van der Waals surface area contributed by atoms with Gasteiger partial charge in [-0.1, -0.05) is 0 Å². The molecule has 1 aromatic carbocycles. The number of hydrogen-bond acceptors (Lipinski definition) is 5. The number of ether oxygens (including phenoxy) is 2. The minimum absolute atomic E-state index is 0.0539. The molecule has 1 atom stereocenters. The smallest absolute Gasteiger partial charge is 0.338 e. The molecule has 1 saturated heterocycles. The lowest BCUT2D eigenvalue weighted by Gasteiger charge is -2.22. The van der Waals surface area contributed by atoms with E-state index < -0.39 is 25.7 Å². The quantitative estimate of drug-likeness (QED) is 0.624. The van der Waals surface area contributed by atoms with Gasteiger partial charge in [-0.05, 0) is 37.5 Å². The molecule has 0 aromatic heterocycles. The van der Waals surface area contributed by atoms with Gasteiger partial charge in [-0.25, -0.2) is 17.6 Å². The van der Waals surface area contributed by atoms with Gasteiger partial charge in [0.1, 0.15) is 12.4 Å². The van der Waals surface area contributed by atoms with Crippen LogP contribution in [0.3, 0.4) is 0 Å². The van der Waals surface area contributed by atoms with Crippen LogP contribution in [0.25, 0.3) is 0 Å². The summed E-state index contributed by atoms with van der Waals surface area (Å²) in [6, 6.07) is 2.62. The summed E-state index contributed by atoms with van der Waals surface area (Å²) in [7, 11) is 1.02. The summed E-state index contributed by atoms with van der Waals surface area (Å²) in [5.74, 6) is -1.69. The van der Waals surface area contributed by atoms with Crippen molar-refractivity contribution in [1.29, 1.82) is 0 Å². The molecule has 0 radical (unpaired) electrons. The molecule has 1 fully saturated rings. The summed E-state index contributed by atoms with van der Waals surface area (Å²) in [4.78, 5) is 11.4. The van der Waals surface area contributed by atoms with Crippen molar-refractivity contribution in [3.63, 3.8) is 0 Å². The Hall–Kier alpha value is -1.18. The topological polar surface area (TPSA) is 69.7 Å². The highest BCUT2D eigenvalue weighted by molar-refractivity contribution is 8.13. The third-order valence-electron chi connectivity index (χ3n) is 3.06. The van der Waals surface area contributed by atoms with E-state index in [1.807, 2.05) is 0 Å². The molecule has 0 aliphatic carbocycles. The van der Waals surface area contributed by atoms with Crippen LogP contribution in [-0.2, 0) is 18.5 Å². The van der Waals surface area contributed by atoms with Crippen molar-refractivity contribution in [1.82, 2.24) is 0 Å². The molecule has 1 aliphatic rings. The Labute approximate surface area is 126 Å². The molecule has 0 N–H and O–H groups in total. The number of carbonyl (C=O) groups is 1. The summed E-state index contributed by atoms with van der Waals surface area (Å²) >= 11 is 0. The fraction of sp³-hybridized carbons (Fsp3) is 0.462. The van der Waals surface area contributed by atoms with Crippen LogP contribution in [0.1, 0.15) is 29.6 Å². The SMILES string of the molecule is O=C(OCC1CCCCO1)c1cc(F)cc(S(=O)(=O)Cl)c1. The molecule has 5 nitrogen and oxygen atoms in total. The maximum Gasteiger partial charge on any atom is 0.338 e. The standard InChI is InChI=1S/C13H14ClFO5S/c14-21(17,18)12-6-9(5-10(15)7-12)13(16)20-8-11-3-1-2-4-19-11/h5-7,11H,1-4,8H2. The van der Waals surface area contributed by atoms with E-state index in [1.54, 1.807) is 0 Å². The monoisotopic (exact) mass is 336 g/mol. The molecule has 1 aliphatic heterocycles.